The molecule has 3 rings (SSSR count). The van der Waals surface area contributed by atoms with Crippen LogP contribution in [0, 0.1) is 5.82 Å². The Bertz CT molecular complexity index is 758. The second-order valence-corrected chi connectivity index (χ2v) is 5.04. The first-order chi connectivity index (χ1) is 10.1. The van der Waals surface area contributed by atoms with Gasteiger partial charge in [0.05, 0.1) is 16.9 Å². The van der Waals surface area contributed by atoms with Crippen LogP contribution in [0.5, 0.6) is 0 Å². The van der Waals surface area contributed by atoms with Crippen LogP contribution >= 0.6 is 11.6 Å². The number of aliphatic hydroxyl groups is 1. The normalized spacial score (nSPS) is 12.3. The Labute approximate surface area is 126 Å². The Morgan fingerprint density at radius 1 is 1.10 bits per heavy atom. The predicted octanol–water partition coefficient (Wildman–Crippen LogP) is 3.75. The third-order valence-electron chi connectivity index (χ3n) is 3.20. The minimum absolute atomic E-state index is 0.0120. The van der Waals surface area contributed by atoms with Gasteiger partial charge in [-0.05, 0) is 29.8 Å². The van der Waals surface area contributed by atoms with Crippen LogP contribution in [-0.2, 0) is 0 Å². The highest BCUT2D eigenvalue weighted by Gasteiger charge is 2.14. The van der Waals surface area contributed by atoms with Gasteiger partial charge in [-0.3, -0.25) is 0 Å². The summed E-state index contributed by atoms with van der Waals surface area (Å²) in [5.41, 5.74) is 2.03. The maximum absolute atomic E-state index is 13.2. The van der Waals surface area contributed by atoms with Crippen LogP contribution in [0.15, 0.2) is 60.9 Å². The lowest BCUT2D eigenvalue weighted by atomic mass is 10.0. The van der Waals surface area contributed by atoms with E-state index >= 15 is 0 Å². The standard InChI is InChI=1S/C16H12ClFN2O/c17-14-8-11(6-7-15(14)18)16(21)12-9-19-20(10-12)13-4-2-1-3-5-13/h1-10,16,21H. The zero-order valence-electron chi connectivity index (χ0n) is 10.9. The van der Waals surface area contributed by atoms with Crippen molar-refractivity contribution in [2.45, 2.75) is 6.10 Å². The van der Waals surface area contributed by atoms with Gasteiger partial charge in [-0.2, -0.15) is 5.10 Å². The summed E-state index contributed by atoms with van der Waals surface area (Å²) in [4.78, 5) is 0. The van der Waals surface area contributed by atoms with Crippen molar-refractivity contribution in [1.29, 1.82) is 0 Å². The van der Waals surface area contributed by atoms with E-state index in [9.17, 15) is 9.50 Å². The molecular weight excluding hydrogens is 291 g/mol. The minimum atomic E-state index is -0.902. The molecule has 1 unspecified atom stereocenters. The second kappa shape index (κ2) is 5.68. The molecule has 0 saturated heterocycles. The third kappa shape index (κ3) is 2.82. The molecule has 0 aliphatic heterocycles. The van der Waals surface area contributed by atoms with E-state index in [1.807, 2.05) is 30.3 Å². The van der Waals surface area contributed by atoms with Gasteiger partial charge in [0.2, 0.25) is 0 Å². The molecule has 106 valence electrons. The van der Waals surface area contributed by atoms with Gasteiger partial charge in [-0.25, -0.2) is 9.07 Å². The minimum Gasteiger partial charge on any atom is -0.384 e. The fraction of sp³-hybridized carbons (Fsp3) is 0.0625. The van der Waals surface area contributed by atoms with Crippen LogP contribution in [0.3, 0.4) is 0 Å². The summed E-state index contributed by atoms with van der Waals surface area (Å²) < 4.78 is 14.8. The highest BCUT2D eigenvalue weighted by molar-refractivity contribution is 6.30. The summed E-state index contributed by atoms with van der Waals surface area (Å²) in [6.45, 7) is 0. The largest absolute Gasteiger partial charge is 0.384 e. The summed E-state index contributed by atoms with van der Waals surface area (Å²) in [5.74, 6) is -0.507. The van der Waals surface area contributed by atoms with Gasteiger partial charge in [0, 0.05) is 11.8 Å². The van der Waals surface area contributed by atoms with Crippen LogP contribution in [-0.4, -0.2) is 14.9 Å². The van der Waals surface area contributed by atoms with Gasteiger partial charge in [0.1, 0.15) is 11.9 Å². The molecule has 1 aromatic heterocycles. The molecule has 3 aromatic rings. The Balaban J connectivity index is 1.90. The van der Waals surface area contributed by atoms with E-state index in [2.05, 4.69) is 5.10 Å². The Morgan fingerprint density at radius 3 is 2.57 bits per heavy atom. The van der Waals surface area contributed by atoms with Crippen molar-refractivity contribution in [3.8, 4) is 5.69 Å². The number of hydrogen-bond donors (Lipinski definition) is 1. The van der Waals surface area contributed by atoms with Crippen LogP contribution in [0.25, 0.3) is 5.69 Å². The summed E-state index contributed by atoms with van der Waals surface area (Å²) in [6.07, 6.45) is 2.41. The van der Waals surface area contributed by atoms with E-state index in [0.717, 1.165) is 5.69 Å². The van der Waals surface area contributed by atoms with Crippen LogP contribution < -0.4 is 0 Å². The van der Waals surface area contributed by atoms with Crippen molar-refractivity contribution in [3.63, 3.8) is 0 Å². The number of benzene rings is 2. The fourth-order valence-corrected chi connectivity index (χ4v) is 2.26. The lowest BCUT2D eigenvalue weighted by Gasteiger charge is -2.09. The number of halogens is 2. The van der Waals surface area contributed by atoms with Gasteiger partial charge < -0.3 is 5.11 Å². The van der Waals surface area contributed by atoms with Crippen molar-refractivity contribution in [2.24, 2.45) is 0 Å². The SMILES string of the molecule is OC(c1ccc(F)c(Cl)c1)c1cnn(-c2ccccc2)c1. The molecule has 0 spiro atoms. The molecule has 0 bridgehead atoms. The maximum Gasteiger partial charge on any atom is 0.141 e. The maximum atomic E-state index is 13.2. The van der Waals surface area contributed by atoms with Crippen LogP contribution in [0.1, 0.15) is 17.2 Å². The third-order valence-corrected chi connectivity index (χ3v) is 3.49. The van der Waals surface area contributed by atoms with E-state index in [-0.39, 0.29) is 5.02 Å². The van der Waals surface area contributed by atoms with Gasteiger partial charge in [0.25, 0.3) is 0 Å². The van der Waals surface area contributed by atoms with E-state index in [4.69, 9.17) is 11.6 Å². The monoisotopic (exact) mass is 302 g/mol. The molecule has 0 amide bonds. The smallest absolute Gasteiger partial charge is 0.141 e. The highest BCUT2D eigenvalue weighted by Crippen LogP contribution is 2.26. The highest BCUT2D eigenvalue weighted by atomic mass is 35.5. The van der Waals surface area contributed by atoms with E-state index in [0.29, 0.717) is 11.1 Å². The molecule has 5 heteroatoms. The molecule has 0 aliphatic rings. The van der Waals surface area contributed by atoms with Gasteiger partial charge in [-0.15, -0.1) is 0 Å². The zero-order chi connectivity index (χ0) is 14.8. The van der Waals surface area contributed by atoms with E-state index in [1.54, 1.807) is 17.1 Å². The summed E-state index contributed by atoms with van der Waals surface area (Å²) >= 11 is 5.74. The quantitative estimate of drug-likeness (QED) is 0.800. The van der Waals surface area contributed by atoms with E-state index < -0.39 is 11.9 Å². The van der Waals surface area contributed by atoms with Crippen molar-refractivity contribution in [2.75, 3.05) is 0 Å². The molecule has 21 heavy (non-hydrogen) atoms. The number of nitrogens with zero attached hydrogens (tertiary/aromatic N) is 2. The summed E-state index contributed by atoms with van der Waals surface area (Å²) in [5, 5.41) is 14.5. The predicted molar refractivity (Wildman–Crippen MR) is 79.0 cm³/mol. The van der Waals surface area contributed by atoms with Gasteiger partial charge >= 0.3 is 0 Å². The molecule has 0 aliphatic carbocycles. The van der Waals surface area contributed by atoms with E-state index in [1.165, 1.54) is 18.2 Å². The molecular formula is C16H12ClFN2O. The number of aliphatic hydroxyl groups excluding tert-OH is 1. The average Bonchev–Trinajstić information content (AvgIpc) is 3.00. The van der Waals surface area contributed by atoms with Crippen molar-refractivity contribution >= 4 is 11.6 Å². The van der Waals surface area contributed by atoms with Crippen LogP contribution in [0.2, 0.25) is 5.02 Å². The molecule has 3 nitrogen and oxygen atoms in total. The van der Waals surface area contributed by atoms with Gasteiger partial charge in [0.15, 0.2) is 0 Å². The lowest BCUT2D eigenvalue weighted by molar-refractivity contribution is 0.220. The van der Waals surface area contributed by atoms with Gasteiger partial charge in [-0.1, -0.05) is 35.9 Å². The number of rotatable bonds is 3. The second-order valence-electron chi connectivity index (χ2n) is 4.63. The first kappa shape index (κ1) is 13.8. The van der Waals surface area contributed by atoms with Crippen molar-refractivity contribution in [3.05, 3.63) is 82.9 Å². The average molecular weight is 303 g/mol. The number of aromatic nitrogens is 2. The lowest BCUT2D eigenvalue weighted by Crippen LogP contribution is -1.99. The molecule has 0 fully saturated rings. The first-order valence-corrected chi connectivity index (χ1v) is 6.76. The summed E-state index contributed by atoms with van der Waals surface area (Å²) in [6, 6.07) is 13.7. The van der Waals surface area contributed by atoms with Crippen LogP contribution in [0.4, 0.5) is 4.39 Å². The Morgan fingerprint density at radius 2 is 1.86 bits per heavy atom. The Hall–Kier alpha value is -2.17. The Kier molecular flexibility index (Phi) is 3.73. The number of hydrogen-bond acceptors (Lipinski definition) is 2. The molecule has 0 radical (unpaired) electrons. The molecule has 1 N–H and O–H groups in total. The van der Waals surface area contributed by atoms with Crippen molar-refractivity contribution in [1.82, 2.24) is 9.78 Å². The fourth-order valence-electron chi connectivity index (χ4n) is 2.07. The first-order valence-electron chi connectivity index (χ1n) is 6.38. The van der Waals surface area contributed by atoms with Crippen molar-refractivity contribution < 1.29 is 9.50 Å². The molecule has 2 aromatic carbocycles. The zero-order valence-corrected chi connectivity index (χ0v) is 11.7. The topological polar surface area (TPSA) is 38.1 Å². The molecule has 1 atom stereocenters. The summed E-state index contributed by atoms with van der Waals surface area (Å²) in [7, 11) is 0. The molecule has 0 saturated carbocycles. The molecule has 1 heterocycles. The number of para-hydroxylation sites is 1.